The normalized spacial score (nSPS) is 16.1. The molecule has 0 bridgehead atoms. The van der Waals surface area contributed by atoms with Crippen molar-refractivity contribution in [1.82, 2.24) is 4.72 Å². The molecule has 2 unspecified atom stereocenters. The highest BCUT2D eigenvalue weighted by molar-refractivity contribution is 7.90. The average Bonchev–Trinajstić information content (AvgIpc) is 2.26. The molecule has 0 saturated heterocycles. The zero-order chi connectivity index (χ0) is 15.7. The van der Waals surface area contributed by atoms with E-state index in [0.717, 1.165) is 18.2 Å². The van der Waals surface area contributed by atoms with Crippen LogP contribution >= 0.6 is 11.6 Å². The van der Waals surface area contributed by atoms with Crippen LogP contribution in [0.15, 0.2) is 18.2 Å². The molecule has 2 atom stereocenters. The molecule has 8 heteroatoms. The van der Waals surface area contributed by atoms with Gasteiger partial charge in [0.25, 0.3) is 0 Å². The lowest BCUT2D eigenvalue weighted by Crippen LogP contribution is -2.46. The molecule has 0 aliphatic carbocycles. The minimum Gasteiger partial charge on any atom is -0.598 e. The Hall–Kier alpha value is -0.500. The molecular weight excluding hydrogens is 318 g/mol. The third-order valence-electron chi connectivity index (χ3n) is 2.38. The van der Waals surface area contributed by atoms with Crippen molar-refractivity contribution < 1.29 is 22.1 Å². The maximum atomic E-state index is 13.6. The van der Waals surface area contributed by atoms with Crippen molar-refractivity contribution in [2.75, 3.05) is 0 Å². The monoisotopic (exact) mass is 331 g/mol. The number of rotatable bonds is 3. The van der Waals surface area contributed by atoms with Crippen LogP contribution in [-0.4, -0.2) is 15.5 Å². The van der Waals surface area contributed by atoms with Gasteiger partial charge in [-0.1, -0.05) is 11.6 Å². The number of alkyl halides is 3. The Morgan fingerprint density at radius 2 is 1.80 bits per heavy atom. The summed E-state index contributed by atoms with van der Waals surface area (Å²) in [6.45, 7) is 4.54. The molecular formula is C12H14ClF4NOS. The standard InChI is InChI=1S/C12H14ClF4NOS/c1-11(2,3)20(19)18-10(12(15,16)17)8-6-7(13)4-5-9(8)14/h4-6,10,18H,1-3H3. The predicted octanol–water partition coefficient (Wildman–Crippen LogP) is 4.13. The van der Waals surface area contributed by atoms with E-state index in [9.17, 15) is 22.1 Å². The minimum atomic E-state index is -4.80. The predicted molar refractivity (Wildman–Crippen MR) is 71.2 cm³/mol. The lowest BCUT2D eigenvalue weighted by Gasteiger charge is -2.29. The molecule has 1 aromatic rings. The molecule has 0 amide bonds. The number of hydrogen-bond acceptors (Lipinski definition) is 2. The van der Waals surface area contributed by atoms with Crippen molar-refractivity contribution in [2.24, 2.45) is 0 Å². The van der Waals surface area contributed by atoms with Crippen molar-refractivity contribution in [3.63, 3.8) is 0 Å². The molecule has 1 aromatic carbocycles. The molecule has 0 fully saturated rings. The van der Waals surface area contributed by atoms with E-state index < -0.39 is 39.7 Å². The van der Waals surface area contributed by atoms with E-state index in [0.29, 0.717) is 0 Å². The summed E-state index contributed by atoms with van der Waals surface area (Å²) in [5.74, 6) is -1.06. The van der Waals surface area contributed by atoms with Gasteiger partial charge in [0.2, 0.25) is 0 Å². The second-order valence-electron chi connectivity index (χ2n) is 5.14. The first-order valence-corrected chi connectivity index (χ1v) is 7.15. The number of hydrogen-bond donors (Lipinski definition) is 1. The molecule has 20 heavy (non-hydrogen) atoms. The molecule has 0 spiro atoms. The zero-order valence-corrected chi connectivity index (χ0v) is 12.6. The van der Waals surface area contributed by atoms with Crippen molar-refractivity contribution in [3.05, 3.63) is 34.6 Å². The van der Waals surface area contributed by atoms with Crippen LogP contribution in [0.1, 0.15) is 32.4 Å². The fraction of sp³-hybridized carbons (Fsp3) is 0.500. The van der Waals surface area contributed by atoms with Crippen LogP contribution in [0, 0.1) is 5.82 Å². The molecule has 1 rings (SSSR count). The summed E-state index contributed by atoms with van der Waals surface area (Å²) in [5, 5.41) is -0.0287. The number of benzene rings is 1. The quantitative estimate of drug-likeness (QED) is 0.667. The Morgan fingerprint density at radius 3 is 2.25 bits per heavy atom. The van der Waals surface area contributed by atoms with E-state index in [1.165, 1.54) is 20.8 Å². The summed E-state index contributed by atoms with van der Waals surface area (Å²) in [4.78, 5) is 0. The maximum Gasteiger partial charge on any atom is 0.412 e. The summed E-state index contributed by atoms with van der Waals surface area (Å²) in [6, 6.07) is 0.482. The van der Waals surface area contributed by atoms with Crippen LogP contribution in [0.3, 0.4) is 0 Å². The lowest BCUT2D eigenvalue weighted by atomic mass is 10.1. The van der Waals surface area contributed by atoms with Crippen LogP contribution < -0.4 is 4.72 Å². The Kier molecular flexibility index (Phi) is 5.34. The molecule has 114 valence electrons. The Bertz CT molecular complexity index is 476. The van der Waals surface area contributed by atoms with Gasteiger partial charge in [0, 0.05) is 21.9 Å². The smallest absolute Gasteiger partial charge is 0.412 e. The topological polar surface area (TPSA) is 35.1 Å². The van der Waals surface area contributed by atoms with Crippen molar-refractivity contribution in [2.45, 2.75) is 37.7 Å². The SMILES string of the molecule is CC(C)(C)[S+]([O-])NC(c1cc(Cl)ccc1F)C(F)(F)F. The van der Waals surface area contributed by atoms with E-state index in [1.54, 1.807) is 0 Å². The fourth-order valence-corrected chi connectivity index (χ4v) is 2.34. The van der Waals surface area contributed by atoms with Crippen molar-refractivity contribution >= 4 is 23.0 Å². The summed E-state index contributed by atoms with van der Waals surface area (Å²) in [7, 11) is 0. The van der Waals surface area contributed by atoms with Gasteiger partial charge in [-0.2, -0.15) is 13.2 Å². The van der Waals surface area contributed by atoms with Gasteiger partial charge in [-0.05, 0) is 39.0 Å². The van der Waals surface area contributed by atoms with Crippen LogP contribution in [0.5, 0.6) is 0 Å². The molecule has 0 aliphatic heterocycles. The highest BCUT2D eigenvalue weighted by atomic mass is 35.5. The van der Waals surface area contributed by atoms with E-state index in [2.05, 4.69) is 0 Å². The summed E-state index contributed by atoms with van der Waals surface area (Å²) in [5.41, 5.74) is -0.678. The molecule has 0 aromatic heterocycles. The minimum absolute atomic E-state index is 0.0287. The van der Waals surface area contributed by atoms with Gasteiger partial charge in [0.05, 0.1) is 0 Å². The fourth-order valence-electron chi connectivity index (χ4n) is 1.33. The van der Waals surface area contributed by atoms with Crippen molar-refractivity contribution in [1.29, 1.82) is 0 Å². The second kappa shape index (κ2) is 6.09. The van der Waals surface area contributed by atoms with Crippen LogP contribution in [0.4, 0.5) is 17.6 Å². The third-order valence-corrected chi connectivity index (χ3v) is 4.17. The highest BCUT2D eigenvalue weighted by Crippen LogP contribution is 2.36. The Balaban J connectivity index is 3.17. The molecule has 0 radical (unpaired) electrons. The van der Waals surface area contributed by atoms with Gasteiger partial charge in [-0.25, -0.2) is 4.39 Å². The first kappa shape index (κ1) is 17.6. The highest BCUT2D eigenvalue weighted by Gasteiger charge is 2.46. The molecule has 0 saturated carbocycles. The van der Waals surface area contributed by atoms with Gasteiger partial charge >= 0.3 is 6.18 Å². The number of halogens is 5. The second-order valence-corrected chi connectivity index (χ2v) is 7.57. The summed E-state index contributed by atoms with van der Waals surface area (Å²) >= 11 is 3.59. The summed E-state index contributed by atoms with van der Waals surface area (Å²) < 4.78 is 65.6. The molecule has 1 N–H and O–H groups in total. The zero-order valence-electron chi connectivity index (χ0n) is 11.0. The third kappa shape index (κ3) is 4.51. The van der Waals surface area contributed by atoms with Crippen molar-refractivity contribution in [3.8, 4) is 0 Å². The largest absolute Gasteiger partial charge is 0.598 e. The van der Waals surface area contributed by atoms with E-state index in [4.69, 9.17) is 11.6 Å². The van der Waals surface area contributed by atoms with Crippen LogP contribution in [0.2, 0.25) is 5.02 Å². The van der Waals surface area contributed by atoms with E-state index in [1.807, 2.05) is 4.72 Å². The molecule has 0 aliphatic rings. The summed E-state index contributed by atoms with van der Waals surface area (Å²) in [6.07, 6.45) is -4.80. The average molecular weight is 332 g/mol. The first-order chi connectivity index (χ1) is 8.93. The van der Waals surface area contributed by atoms with E-state index >= 15 is 0 Å². The first-order valence-electron chi connectivity index (χ1n) is 5.62. The van der Waals surface area contributed by atoms with Gasteiger partial charge in [-0.15, -0.1) is 4.72 Å². The Morgan fingerprint density at radius 1 is 1.25 bits per heavy atom. The van der Waals surface area contributed by atoms with Crippen LogP contribution in [-0.2, 0) is 11.4 Å². The maximum absolute atomic E-state index is 13.6. The molecule has 2 nitrogen and oxygen atoms in total. The lowest BCUT2D eigenvalue weighted by molar-refractivity contribution is -0.153. The van der Waals surface area contributed by atoms with E-state index in [-0.39, 0.29) is 5.02 Å². The molecule has 0 heterocycles. The van der Waals surface area contributed by atoms with Gasteiger partial charge in [0.1, 0.15) is 10.6 Å². The number of nitrogens with one attached hydrogen (secondary N) is 1. The van der Waals surface area contributed by atoms with Gasteiger partial charge < -0.3 is 4.55 Å². The van der Waals surface area contributed by atoms with Gasteiger partial charge in [-0.3, -0.25) is 0 Å². The Labute approximate surface area is 122 Å². The van der Waals surface area contributed by atoms with Gasteiger partial charge in [0.15, 0.2) is 6.04 Å². The van der Waals surface area contributed by atoms with Crippen LogP contribution in [0.25, 0.3) is 0 Å².